The van der Waals surface area contributed by atoms with E-state index >= 15 is 0 Å². The van der Waals surface area contributed by atoms with Crippen LogP contribution in [0.25, 0.3) is 0 Å². The molecule has 0 aromatic rings. The highest BCUT2D eigenvalue weighted by molar-refractivity contribution is 5.83. The van der Waals surface area contributed by atoms with Crippen LogP contribution in [0.4, 0.5) is 0 Å². The van der Waals surface area contributed by atoms with Gasteiger partial charge in [-0.1, -0.05) is 6.92 Å². The number of likely N-dealkylation sites (tertiary alicyclic amines) is 2. The highest BCUT2D eigenvalue weighted by Crippen LogP contribution is 2.23. The Morgan fingerprint density at radius 1 is 1.21 bits per heavy atom. The van der Waals surface area contributed by atoms with Gasteiger partial charge in [-0.2, -0.15) is 0 Å². The minimum Gasteiger partial charge on any atom is -0.481 e. The molecule has 2 fully saturated rings. The molecule has 1 amide bonds. The number of carbonyl (C=O) groups excluding carboxylic acids is 1. The Morgan fingerprint density at radius 2 is 1.95 bits per heavy atom. The zero-order chi connectivity index (χ0) is 13.8. The first kappa shape index (κ1) is 14.3. The van der Waals surface area contributed by atoms with Crippen molar-refractivity contribution in [3.05, 3.63) is 0 Å². The molecule has 2 aliphatic rings. The van der Waals surface area contributed by atoms with E-state index in [1.54, 1.807) is 4.90 Å². The summed E-state index contributed by atoms with van der Waals surface area (Å²) in [4.78, 5) is 27.6. The first-order valence-corrected chi connectivity index (χ1v) is 7.39. The maximum atomic E-state index is 12.5. The van der Waals surface area contributed by atoms with Gasteiger partial charge in [0.15, 0.2) is 0 Å². The number of hydrogen-bond acceptors (Lipinski definition) is 3. The van der Waals surface area contributed by atoms with Gasteiger partial charge < -0.3 is 10.0 Å². The number of hydrogen-bond donors (Lipinski definition) is 1. The van der Waals surface area contributed by atoms with Crippen LogP contribution in [-0.2, 0) is 9.59 Å². The van der Waals surface area contributed by atoms with Crippen molar-refractivity contribution in [3.8, 4) is 0 Å². The second-order valence-electron chi connectivity index (χ2n) is 5.66. The van der Waals surface area contributed by atoms with Gasteiger partial charge in [0.2, 0.25) is 5.91 Å². The van der Waals surface area contributed by atoms with Crippen molar-refractivity contribution in [1.82, 2.24) is 9.80 Å². The van der Waals surface area contributed by atoms with Crippen molar-refractivity contribution in [3.63, 3.8) is 0 Å². The first-order valence-electron chi connectivity index (χ1n) is 7.39. The average molecular weight is 268 g/mol. The molecule has 0 aliphatic carbocycles. The Labute approximate surface area is 114 Å². The molecule has 1 N–H and O–H groups in total. The average Bonchev–Trinajstić information content (AvgIpc) is 2.86. The predicted molar refractivity (Wildman–Crippen MR) is 71.8 cm³/mol. The van der Waals surface area contributed by atoms with Gasteiger partial charge in [0.05, 0.1) is 12.0 Å². The van der Waals surface area contributed by atoms with Crippen LogP contribution < -0.4 is 0 Å². The van der Waals surface area contributed by atoms with E-state index in [9.17, 15) is 9.59 Å². The lowest BCUT2D eigenvalue weighted by molar-refractivity contribution is -0.147. The molecule has 2 rings (SSSR count). The standard InChI is InChI=1S/C14H24N2O3/c1-2-7-15-8-4-6-12(15)13(17)16-9-3-5-11(10-16)14(18)19/h11-12H,2-10H2,1H3,(H,18,19). The third-order valence-electron chi connectivity index (χ3n) is 4.24. The van der Waals surface area contributed by atoms with E-state index in [1.165, 1.54) is 0 Å². The smallest absolute Gasteiger partial charge is 0.308 e. The van der Waals surface area contributed by atoms with Gasteiger partial charge in [-0.3, -0.25) is 14.5 Å². The van der Waals surface area contributed by atoms with Crippen LogP contribution in [0.1, 0.15) is 39.0 Å². The van der Waals surface area contributed by atoms with Crippen molar-refractivity contribution in [2.75, 3.05) is 26.2 Å². The third-order valence-corrected chi connectivity index (χ3v) is 4.24. The Kier molecular flexibility index (Phi) is 4.80. The lowest BCUT2D eigenvalue weighted by atomic mass is 9.97. The number of nitrogens with zero attached hydrogens (tertiary/aromatic N) is 2. The van der Waals surface area contributed by atoms with Gasteiger partial charge >= 0.3 is 5.97 Å². The van der Waals surface area contributed by atoms with Crippen molar-refractivity contribution in [2.24, 2.45) is 5.92 Å². The zero-order valence-corrected chi connectivity index (χ0v) is 11.7. The van der Waals surface area contributed by atoms with Crippen molar-refractivity contribution >= 4 is 11.9 Å². The zero-order valence-electron chi connectivity index (χ0n) is 11.7. The van der Waals surface area contributed by atoms with E-state index in [4.69, 9.17) is 5.11 Å². The molecule has 0 aromatic heterocycles. The fourth-order valence-electron chi connectivity index (χ4n) is 3.25. The molecule has 2 atom stereocenters. The van der Waals surface area contributed by atoms with Gasteiger partial charge in [-0.25, -0.2) is 0 Å². The molecular formula is C14H24N2O3. The number of piperidine rings is 1. The lowest BCUT2D eigenvalue weighted by Crippen LogP contribution is -2.50. The van der Waals surface area contributed by atoms with Crippen LogP contribution in [0.15, 0.2) is 0 Å². The Hall–Kier alpha value is -1.10. The summed E-state index contributed by atoms with van der Waals surface area (Å²) >= 11 is 0. The van der Waals surface area contributed by atoms with Gasteiger partial charge in [-0.05, 0) is 45.2 Å². The predicted octanol–water partition coefficient (Wildman–Crippen LogP) is 1.18. The van der Waals surface area contributed by atoms with E-state index in [-0.39, 0.29) is 17.9 Å². The maximum absolute atomic E-state index is 12.5. The Balaban J connectivity index is 1.96. The number of carboxylic acids is 1. The van der Waals surface area contributed by atoms with Gasteiger partial charge in [0, 0.05) is 13.1 Å². The fraction of sp³-hybridized carbons (Fsp3) is 0.857. The summed E-state index contributed by atoms with van der Waals surface area (Å²) in [5.41, 5.74) is 0. The van der Waals surface area contributed by atoms with E-state index in [2.05, 4.69) is 11.8 Å². The normalized spacial score (nSPS) is 28.6. The van der Waals surface area contributed by atoms with Crippen LogP contribution in [-0.4, -0.2) is 59.0 Å². The molecular weight excluding hydrogens is 244 g/mol. The monoisotopic (exact) mass is 268 g/mol. The van der Waals surface area contributed by atoms with Crippen molar-refractivity contribution < 1.29 is 14.7 Å². The van der Waals surface area contributed by atoms with E-state index in [1.807, 2.05) is 0 Å². The van der Waals surface area contributed by atoms with Gasteiger partial charge in [0.1, 0.15) is 0 Å². The van der Waals surface area contributed by atoms with Crippen molar-refractivity contribution in [1.29, 1.82) is 0 Å². The number of carbonyl (C=O) groups is 2. The SMILES string of the molecule is CCCN1CCCC1C(=O)N1CCCC(C(=O)O)C1. The summed E-state index contributed by atoms with van der Waals surface area (Å²) in [5.74, 6) is -0.995. The molecule has 19 heavy (non-hydrogen) atoms. The summed E-state index contributed by atoms with van der Waals surface area (Å²) in [6.07, 6.45) is 4.56. The summed E-state index contributed by atoms with van der Waals surface area (Å²) in [6, 6.07) is -0.00695. The molecule has 0 spiro atoms. The Bertz CT molecular complexity index is 346. The molecule has 0 aromatic carbocycles. The lowest BCUT2D eigenvalue weighted by Gasteiger charge is -2.34. The fourth-order valence-corrected chi connectivity index (χ4v) is 3.25. The summed E-state index contributed by atoms with van der Waals surface area (Å²) in [6.45, 7) is 5.21. The quantitative estimate of drug-likeness (QED) is 0.832. The molecule has 2 heterocycles. The van der Waals surface area contributed by atoms with Gasteiger partial charge in [-0.15, -0.1) is 0 Å². The van der Waals surface area contributed by atoms with Crippen LogP contribution in [0, 0.1) is 5.92 Å². The summed E-state index contributed by atoms with van der Waals surface area (Å²) < 4.78 is 0. The van der Waals surface area contributed by atoms with E-state index in [0.29, 0.717) is 13.0 Å². The minimum atomic E-state index is -0.769. The highest BCUT2D eigenvalue weighted by atomic mass is 16.4. The molecule has 5 nitrogen and oxygen atoms in total. The number of rotatable bonds is 4. The largest absolute Gasteiger partial charge is 0.481 e. The maximum Gasteiger partial charge on any atom is 0.308 e. The Morgan fingerprint density at radius 3 is 2.63 bits per heavy atom. The molecule has 2 aliphatic heterocycles. The number of amides is 1. The van der Waals surface area contributed by atoms with Crippen LogP contribution in [0.5, 0.6) is 0 Å². The third kappa shape index (κ3) is 3.26. The topological polar surface area (TPSA) is 60.9 Å². The molecule has 0 saturated carbocycles. The second-order valence-corrected chi connectivity index (χ2v) is 5.66. The highest BCUT2D eigenvalue weighted by Gasteiger charge is 2.36. The molecule has 2 saturated heterocycles. The van der Waals surface area contributed by atoms with Crippen LogP contribution in [0.2, 0.25) is 0 Å². The molecule has 0 radical (unpaired) electrons. The van der Waals surface area contributed by atoms with Crippen LogP contribution >= 0.6 is 0 Å². The first-order chi connectivity index (χ1) is 9.13. The summed E-state index contributed by atoms with van der Waals surface area (Å²) in [5, 5.41) is 9.09. The van der Waals surface area contributed by atoms with Crippen molar-refractivity contribution in [2.45, 2.75) is 45.1 Å². The molecule has 5 heteroatoms. The summed E-state index contributed by atoms with van der Waals surface area (Å²) in [7, 11) is 0. The molecule has 2 unspecified atom stereocenters. The second kappa shape index (κ2) is 6.37. The number of carboxylic acid groups (broad SMARTS) is 1. The van der Waals surface area contributed by atoms with Gasteiger partial charge in [0.25, 0.3) is 0 Å². The van der Waals surface area contributed by atoms with Crippen LogP contribution in [0.3, 0.4) is 0 Å². The molecule has 0 bridgehead atoms. The van der Waals surface area contributed by atoms with E-state index in [0.717, 1.165) is 45.3 Å². The molecule has 108 valence electrons. The van der Waals surface area contributed by atoms with E-state index < -0.39 is 5.97 Å². The minimum absolute atomic E-state index is 0.00695. The number of aliphatic carboxylic acids is 1.